The summed E-state index contributed by atoms with van der Waals surface area (Å²) in [6.45, 7) is 1.79. The number of thioether (sulfide) groups is 1. The lowest BCUT2D eigenvalue weighted by Gasteiger charge is -2.17. The fraction of sp³-hybridized carbons (Fsp3) is 0.250. The normalized spacial score (nSPS) is 12.4. The van der Waals surface area contributed by atoms with Gasteiger partial charge in [0.15, 0.2) is 0 Å². The molecular formula is C16H17ClFNS. The highest BCUT2D eigenvalue weighted by Gasteiger charge is 2.11. The number of hydrogen-bond donors (Lipinski definition) is 1. The number of hydrogen-bond acceptors (Lipinski definition) is 2. The van der Waals surface area contributed by atoms with E-state index in [1.165, 1.54) is 11.0 Å². The SMILES string of the molecule is CNC(CSc1ccc(Cl)cc1)c1ccc(F)c(C)c1. The van der Waals surface area contributed by atoms with Crippen LogP contribution in [-0.2, 0) is 0 Å². The molecule has 0 radical (unpaired) electrons. The largest absolute Gasteiger partial charge is 0.312 e. The average molecular weight is 310 g/mol. The van der Waals surface area contributed by atoms with E-state index in [9.17, 15) is 4.39 Å². The van der Waals surface area contributed by atoms with E-state index < -0.39 is 0 Å². The molecule has 0 saturated heterocycles. The second kappa shape index (κ2) is 7.11. The molecule has 2 aromatic carbocycles. The molecule has 0 heterocycles. The van der Waals surface area contributed by atoms with Crippen LogP contribution < -0.4 is 5.32 Å². The van der Waals surface area contributed by atoms with Crippen LogP contribution in [0.2, 0.25) is 5.02 Å². The summed E-state index contributed by atoms with van der Waals surface area (Å²) in [5, 5.41) is 4.02. The summed E-state index contributed by atoms with van der Waals surface area (Å²) in [5.41, 5.74) is 1.78. The lowest BCUT2D eigenvalue weighted by atomic mass is 10.1. The first kappa shape index (κ1) is 15.4. The van der Waals surface area contributed by atoms with E-state index in [0.717, 1.165) is 16.3 Å². The molecule has 0 fully saturated rings. The number of halogens is 2. The van der Waals surface area contributed by atoms with Crippen molar-refractivity contribution in [3.63, 3.8) is 0 Å². The molecule has 0 aliphatic heterocycles. The summed E-state index contributed by atoms with van der Waals surface area (Å²) in [6, 6.07) is 13.3. The zero-order valence-corrected chi connectivity index (χ0v) is 13.1. The molecule has 4 heteroatoms. The summed E-state index contributed by atoms with van der Waals surface area (Å²) in [7, 11) is 1.92. The predicted molar refractivity (Wildman–Crippen MR) is 85.1 cm³/mol. The Labute approximate surface area is 128 Å². The number of rotatable bonds is 5. The van der Waals surface area contributed by atoms with Crippen LogP contribution >= 0.6 is 23.4 Å². The monoisotopic (exact) mass is 309 g/mol. The molecule has 106 valence electrons. The minimum absolute atomic E-state index is 0.158. The number of nitrogens with one attached hydrogen (secondary N) is 1. The van der Waals surface area contributed by atoms with Crippen molar-refractivity contribution in [2.45, 2.75) is 17.9 Å². The Morgan fingerprint density at radius 2 is 1.90 bits per heavy atom. The van der Waals surface area contributed by atoms with Crippen molar-refractivity contribution in [1.82, 2.24) is 5.32 Å². The second-order valence-corrected chi connectivity index (χ2v) is 6.14. The third-order valence-electron chi connectivity index (χ3n) is 3.16. The molecule has 1 unspecified atom stereocenters. The third kappa shape index (κ3) is 3.98. The molecule has 20 heavy (non-hydrogen) atoms. The van der Waals surface area contributed by atoms with Gasteiger partial charge in [-0.3, -0.25) is 0 Å². The Morgan fingerprint density at radius 1 is 1.20 bits per heavy atom. The van der Waals surface area contributed by atoms with Gasteiger partial charge in [0, 0.05) is 21.7 Å². The van der Waals surface area contributed by atoms with Crippen LogP contribution in [0.1, 0.15) is 17.2 Å². The summed E-state index contributed by atoms with van der Waals surface area (Å²) in [4.78, 5) is 1.17. The van der Waals surface area contributed by atoms with E-state index >= 15 is 0 Å². The van der Waals surface area contributed by atoms with Gasteiger partial charge in [-0.2, -0.15) is 0 Å². The first-order chi connectivity index (χ1) is 9.60. The molecule has 1 N–H and O–H groups in total. The van der Waals surface area contributed by atoms with Crippen LogP contribution in [0, 0.1) is 12.7 Å². The second-order valence-electron chi connectivity index (χ2n) is 4.61. The zero-order valence-electron chi connectivity index (χ0n) is 11.5. The van der Waals surface area contributed by atoms with E-state index in [2.05, 4.69) is 5.32 Å². The standard InChI is InChI=1S/C16H17ClFNS/c1-11-9-12(3-8-15(11)18)16(19-2)10-20-14-6-4-13(17)5-7-14/h3-9,16,19H,10H2,1-2H3. The van der Waals surface area contributed by atoms with E-state index in [4.69, 9.17) is 11.6 Å². The molecule has 2 rings (SSSR count). The van der Waals surface area contributed by atoms with Crippen LogP contribution in [0.25, 0.3) is 0 Å². The van der Waals surface area contributed by atoms with Crippen molar-refractivity contribution in [3.05, 3.63) is 64.4 Å². The lowest BCUT2D eigenvalue weighted by Crippen LogP contribution is -2.18. The van der Waals surface area contributed by atoms with Gasteiger partial charge in [-0.1, -0.05) is 23.7 Å². The van der Waals surface area contributed by atoms with Gasteiger partial charge in [-0.05, 0) is 55.4 Å². The van der Waals surface area contributed by atoms with Crippen molar-refractivity contribution >= 4 is 23.4 Å². The molecule has 0 aromatic heterocycles. The summed E-state index contributed by atoms with van der Waals surface area (Å²) < 4.78 is 13.3. The van der Waals surface area contributed by atoms with Gasteiger partial charge in [-0.15, -0.1) is 11.8 Å². The molecule has 1 atom stereocenters. The molecule has 0 aliphatic carbocycles. The van der Waals surface area contributed by atoms with Crippen molar-refractivity contribution in [2.24, 2.45) is 0 Å². The first-order valence-electron chi connectivity index (χ1n) is 6.42. The highest BCUT2D eigenvalue weighted by Crippen LogP contribution is 2.26. The lowest BCUT2D eigenvalue weighted by molar-refractivity contribution is 0.611. The fourth-order valence-electron chi connectivity index (χ4n) is 1.94. The maximum absolute atomic E-state index is 13.3. The van der Waals surface area contributed by atoms with Gasteiger partial charge >= 0.3 is 0 Å². The van der Waals surface area contributed by atoms with Gasteiger partial charge in [0.25, 0.3) is 0 Å². The van der Waals surface area contributed by atoms with Gasteiger partial charge < -0.3 is 5.32 Å². The van der Waals surface area contributed by atoms with Gasteiger partial charge in [0.05, 0.1) is 0 Å². The van der Waals surface area contributed by atoms with Gasteiger partial charge in [-0.25, -0.2) is 4.39 Å². The minimum Gasteiger partial charge on any atom is -0.312 e. The van der Waals surface area contributed by atoms with E-state index in [1.807, 2.05) is 43.4 Å². The Morgan fingerprint density at radius 3 is 2.50 bits per heavy atom. The van der Waals surface area contributed by atoms with Crippen LogP contribution in [-0.4, -0.2) is 12.8 Å². The van der Waals surface area contributed by atoms with Gasteiger partial charge in [0.1, 0.15) is 5.82 Å². The Kier molecular flexibility index (Phi) is 5.46. The van der Waals surface area contributed by atoms with Crippen molar-refractivity contribution in [3.8, 4) is 0 Å². The maximum atomic E-state index is 13.3. The van der Waals surface area contributed by atoms with E-state index in [1.54, 1.807) is 18.7 Å². The number of benzene rings is 2. The molecule has 0 aliphatic rings. The van der Waals surface area contributed by atoms with Crippen LogP contribution in [0.15, 0.2) is 47.4 Å². The smallest absolute Gasteiger partial charge is 0.126 e. The fourth-order valence-corrected chi connectivity index (χ4v) is 3.11. The first-order valence-corrected chi connectivity index (χ1v) is 7.78. The molecular weight excluding hydrogens is 293 g/mol. The van der Waals surface area contributed by atoms with Crippen LogP contribution in [0.5, 0.6) is 0 Å². The van der Waals surface area contributed by atoms with Crippen molar-refractivity contribution in [2.75, 3.05) is 12.8 Å². The molecule has 1 nitrogen and oxygen atoms in total. The van der Waals surface area contributed by atoms with E-state index in [-0.39, 0.29) is 11.9 Å². The highest BCUT2D eigenvalue weighted by molar-refractivity contribution is 7.99. The zero-order chi connectivity index (χ0) is 14.5. The highest BCUT2D eigenvalue weighted by atomic mass is 35.5. The maximum Gasteiger partial charge on any atom is 0.126 e. The van der Waals surface area contributed by atoms with E-state index in [0.29, 0.717) is 5.56 Å². The Bertz CT molecular complexity index is 571. The Balaban J connectivity index is 2.05. The van der Waals surface area contributed by atoms with Crippen LogP contribution in [0.3, 0.4) is 0 Å². The van der Waals surface area contributed by atoms with Gasteiger partial charge in [0.2, 0.25) is 0 Å². The number of aryl methyl sites for hydroxylation is 1. The molecule has 0 saturated carbocycles. The van der Waals surface area contributed by atoms with Crippen LogP contribution in [0.4, 0.5) is 4.39 Å². The topological polar surface area (TPSA) is 12.0 Å². The third-order valence-corrected chi connectivity index (χ3v) is 4.52. The Hall–Kier alpha value is -1.03. The average Bonchev–Trinajstić information content (AvgIpc) is 2.45. The van der Waals surface area contributed by atoms with Crippen molar-refractivity contribution in [1.29, 1.82) is 0 Å². The summed E-state index contributed by atoms with van der Waals surface area (Å²) in [6.07, 6.45) is 0. The molecule has 0 amide bonds. The minimum atomic E-state index is -0.158. The quantitative estimate of drug-likeness (QED) is 0.793. The summed E-state index contributed by atoms with van der Waals surface area (Å²) in [5.74, 6) is 0.720. The molecule has 0 spiro atoms. The molecule has 0 bridgehead atoms. The van der Waals surface area contributed by atoms with Crippen molar-refractivity contribution < 1.29 is 4.39 Å². The predicted octanol–water partition coefficient (Wildman–Crippen LogP) is 4.84. The summed E-state index contributed by atoms with van der Waals surface area (Å²) >= 11 is 7.62. The molecule has 2 aromatic rings.